The average Bonchev–Trinajstić information content (AvgIpc) is 2.84. The maximum atomic E-state index is 12.6. The van der Waals surface area contributed by atoms with Gasteiger partial charge in [0.2, 0.25) is 0 Å². The lowest BCUT2D eigenvalue weighted by Crippen LogP contribution is -2.28. The summed E-state index contributed by atoms with van der Waals surface area (Å²) in [7, 11) is 0. The maximum absolute atomic E-state index is 12.6. The number of nitrogens with one attached hydrogen (secondary N) is 1. The molecule has 19 heavy (non-hydrogen) atoms. The molecule has 0 amide bonds. The van der Waals surface area contributed by atoms with Gasteiger partial charge in [-0.1, -0.05) is 12.1 Å². The molecular weight excluding hydrogens is 273 g/mol. The minimum absolute atomic E-state index is 0.290. The molecule has 102 valence electrons. The highest BCUT2D eigenvalue weighted by Crippen LogP contribution is 2.33. The van der Waals surface area contributed by atoms with Gasteiger partial charge in [0.25, 0.3) is 0 Å². The third-order valence-corrected chi connectivity index (χ3v) is 3.84. The van der Waals surface area contributed by atoms with Gasteiger partial charge in [-0.25, -0.2) is 5.43 Å². The van der Waals surface area contributed by atoms with Crippen molar-refractivity contribution in [1.82, 2.24) is 5.43 Å². The van der Waals surface area contributed by atoms with Gasteiger partial charge in [0, 0.05) is 4.88 Å². The summed E-state index contributed by atoms with van der Waals surface area (Å²) in [5, 5.41) is 1.90. The third-order valence-electron chi connectivity index (χ3n) is 2.90. The second-order valence-electron chi connectivity index (χ2n) is 4.18. The first kappa shape index (κ1) is 14.0. The zero-order chi connectivity index (χ0) is 14.0. The van der Waals surface area contributed by atoms with E-state index in [4.69, 9.17) is 5.84 Å². The molecule has 0 bridgehead atoms. The van der Waals surface area contributed by atoms with E-state index in [-0.39, 0.29) is 6.04 Å². The van der Waals surface area contributed by atoms with Crippen LogP contribution in [0.5, 0.6) is 0 Å². The van der Waals surface area contributed by atoms with Crippen molar-refractivity contribution in [2.75, 3.05) is 0 Å². The smallest absolute Gasteiger partial charge is 0.271 e. The number of hydrogen-bond donors (Lipinski definition) is 2. The van der Waals surface area contributed by atoms with Crippen LogP contribution in [-0.4, -0.2) is 0 Å². The summed E-state index contributed by atoms with van der Waals surface area (Å²) < 4.78 is 37.9. The standard InChI is InChI=1S/C13H13F3N2S/c1-8-7-9(13(14,15)16)4-5-10(8)12(18-17)11-3-2-6-19-11/h2-7,12,18H,17H2,1H3. The fourth-order valence-corrected chi connectivity index (χ4v) is 2.76. The molecule has 1 aromatic heterocycles. The van der Waals surface area contributed by atoms with Crippen LogP contribution in [0, 0.1) is 6.92 Å². The fraction of sp³-hybridized carbons (Fsp3) is 0.231. The van der Waals surface area contributed by atoms with Gasteiger partial charge < -0.3 is 0 Å². The van der Waals surface area contributed by atoms with E-state index in [0.29, 0.717) is 5.56 Å². The van der Waals surface area contributed by atoms with Gasteiger partial charge in [0.05, 0.1) is 11.6 Å². The summed E-state index contributed by atoms with van der Waals surface area (Å²) in [5.74, 6) is 5.52. The lowest BCUT2D eigenvalue weighted by atomic mass is 9.98. The van der Waals surface area contributed by atoms with Crippen LogP contribution in [0.25, 0.3) is 0 Å². The van der Waals surface area contributed by atoms with Crippen molar-refractivity contribution in [3.63, 3.8) is 0 Å². The van der Waals surface area contributed by atoms with Crippen molar-refractivity contribution >= 4 is 11.3 Å². The molecule has 0 saturated heterocycles. The predicted molar refractivity (Wildman–Crippen MR) is 69.7 cm³/mol. The van der Waals surface area contributed by atoms with Crippen LogP contribution in [0.4, 0.5) is 13.2 Å². The van der Waals surface area contributed by atoms with Crippen LogP contribution in [0.2, 0.25) is 0 Å². The molecule has 2 nitrogen and oxygen atoms in total. The van der Waals surface area contributed by atoms with Gasteiger partial charge in [0.1, 0.15) is 0 Å². The Labute approximate surface area is 113 Å². The number of hydrazine groups is 1. The molecule has 0 aliphatic heterocycles. The molecule has 6 heteroatoms. The highest BCUT2D eigenvalue weighted by atomic mass is 32.1. The van der Waals surface area contributed by atoms with Crippen molar-refractivity contribution in [2.24, 2.45) is 5.84 Å². The van der Waals surface area contributed by atoms with Crippen LogP contribution in [0.15, 0.2) is 35.7 Å². The first-order valence-corrected chi connectivity index (χ1v) is 6.48. The predicted octanol–water partition coefficient (Wildman–Crippen LogP) is 3.63. The first-order chi connectivity index (χ1) is 8.93. The van der Waals surface area contributed by atoms with Crippen molar-refractivity contribution in [3.8, 4) is 0 Å². The summed E-state index contributed by atoms with van der Waals surface area (Å²) in [5.41, 5.74) is 3.32. The van der Waals surface area contributed by atoms with Gasteiger partial charge in [0.15, 0.2) is 0 Å². The molecule has 0 saturated carbocycles. The van der Waals surface area contributed by atoms with Crippen LogP contribution in [0.1, 0.15) is 27.6 Å². The molecule has 0 fully saturated rings. The summed E-state index contributed by atoms with van der Waals surface area (Å²) in [4.78, 5) is 0.963. The van der Waals surface area contributed by atoms with E-state index >= 15 is 0 Å². The highest BCUT2D eigenvalue weighted by Gasteiger charge is 2.31. The molecule has 1 unspecified atom stereocenters. The van der Waals surface area contributed by atoms with Crippen LogP contribution >= 0.6 is 11.3 Å². The Kier molecular flexibility index (Phi) is 3.93. The van der Waals surface area contributed by atoms with Crippen LogP contribution in [0.3, 0.4) is 0 Å². The molecule has 2 aromatic rings. The Morgan fingerprint density at radius 2 is 2.00 bits per heavy atom. The Morgan fingerprint density at radius 3 is 2.47 bits per heavy atom. The molecule has 1 atom stereocenters. The molecule has 1 aromatic carbocycles. The molecule has 2 rings (SSSR count). The van der Waals surface area contributed by atoms with E-state index in [0.717, 1.165) is 22.6 Å². The number of aryl methyl sites for hydroxylation is 1. The second-order valence-corrected chi connectivity index (χ2v) is 5.16. The Morgan fingerprint density at radius 1 is 1.26 bits per heavy atom. The number of halogens is 3. The van der Waals surface area contributed by atoms with Gasteiger partial charge in [-0.05, 0) is 41.6 Å². The molecule has 0 spiro atoms. The molecule has 0 aliphatic carbocycles. The number of benzene rings is 1. The largest absolute Gasteiger partial charge is 0.416 e. The van der Waals surface area contributed by atoms with Gasteiger partial charge in [-0.3, -0.25) is 5.84 Å². The number of hydrogen-bond acceptors (Lipinski definition) is 3. The first-order valence-electron chi connectivity index (χ1n) is 5.60. The number of alkyl halides is 3. The minimum Gasteiger partial charge on any atom is -0.271 e. The molecular formula is C13H13F3N2S. The topological polar surface area (TPSA) is 38.0 Å². The van der Waals surface area contributed by atoms with E-state index in [1.165, 1.54) is 17.4 Å². The maximum Gasteiger partial charge on any atom is 0.416 e. The second kappa shape index (κ2) is 5.32. The lowest BCUT2D eigenvalue weighted by Gasteiger charge is -2.18. The monoisotopic (exact) mass is 286 g/mol. The summed E-state index contributed by atoms with van der Waals surface area (Å²) >= 11 is 1.50. The summed E-state index contributed by atoms with van der Waals surface area (Å²) in [6.07, 6.45) is -4.32. The Bertz CT molecular complexity index is 550. The molecule has 3 N–H and O–H groups in total. The highest BCUT2D eigenvalue weighted by molar-refractivity contribution is 7.10. The Balaban J connectivity index is 2.40. The van der Waals surface area contributed by atoms with E-state index in [9.17, 15) is 13.2 Å². The number of rotatable bonds is 3. The fourth-order valence-electron chi connectivity index (χ4n) is 1.96. The zero-order valence-electron chi connectivity index (χ0n) is 10.2. The lowest BCUT2D eigenvalue weighted by molar-refractivity contribution is -0.137. The van der Waals surface area contributed by atoms with Crippen LogP contribution < -0.4 is 11.3 Å². The normalized spacial score (nSPS) is 13.5. The van der Waals surface area contributed by atoms with Crippen molar-refractivity contribution in [1.29, 1.82) is 0 Å². The summed E-state index contributed by atoms with van der Waals surface area (Å²) in [6.45, 7) is 1.66. The van der Waals surface area contributed by atoms with Gasteiger partial charge >= 0.3 is 6.18 Å². The summed E-state index contributed by atoms with van der Waals surface area (Å²) in [6, 6.07) is 7.19. The molecule has 0 radical (unpaired) electrons. The van der Waals surface area contributed by atoms with E-state index in [2.05, 4.69) is 5.43 Å². The minimum atomic E-state index is -4.32. The molecule has 1 heterocycles. The van der Waals surface area contributed by atoms with Gasteiger partial charge in [-0.2, -0.15) is 13.2 Å². The van der Waals surface area contributed by atoms with Crippen molar-refractivity contribution in [2.45, 2.75) is 19.1 Å². The van der Waals surface area contributed by atoms with Crippen molar-refractivity contribution in [3.05, 3.63) is 57.3 Å². The molecule has 0 aliphatic rings. The van der Waals surface area contributed by atoms with E-state index in [1.54, 1.807) is 6.92 Å². The SMILES string of the molecule is Cc1cc(C(F)(F)F)ccc1C(NN)c1cccs1. The number of thiophene rings is 1. The number of nitrogens with two attached hydrogens (primary N) is 1. The Hall–Kier alpha value is -1.37. The van der Waals surface area contributed by atoms with E-state index < -0.39 is 11.7 Å². The quantitative estimate of drug-likeness (QED) is 0.668. The van der Waals surface area contributed by atoms with Crippen LogP contribution in [-0.2, 0) is 6.18 Å². The van der Waals surface area contributed by atoms with E-state index in [1.807, 2.05) is 17.5 Å². The van der Waals surface area contributed by atoms with Gasteiger partial charge in [-0.15, -0.1) is 11.3 Å². The average molecular weight is 286 g/mol. The van der Waals surface area contributed by atoms with Crippen molar-refractivity contribution < 1.29 is 13.2 Å². The third kappa shape index (κ3) is 2.97. The zero-order valence-corrected chi connectivity index (χ0v) is 11.0.